The van der Waals surface area contributed by atoms with Crippen LogP contribution in [0.25, 0.3) is 0 Å². The molecule has 6 nitrogen and oxygen atoms in total. The molecule has 1 N–H and O–H groups in total. The van der Waals surface area contributed by atoms with Gasteiger partial charge in [-0.2, -0.15) is 0 Å². The smallest absolute Gasteiger partial charge is 0.261 e. The average Bonchev–Trinajstić information content (AvgIpc) is 2.98. The molecule has 4 aromatic rings. The largest absolute Gasteiger partial charge is 0.496 e. The van der Waals surface area contributed by atoms with Gasteiger partial charge in [0.1, 0.15) is 17.5 Å². The van der Waals surface area contributed by atoms with Crippen LogP contribution in [-0.2, 0) is 29.1 Å². The fourth-order valence-electron chi connectivity index (χ4n) is 4.27. The van der Waals surface area contributed by atoms with Gasteiger partial charge in [-0.15, -0.1) is 0 Å². The van der Waals surface area contributed by atoms with Crippen LogP contribution in [0.3, 0.4) is 0 Å². The van der Waals surface area contributed by atoms with Gasteiger partial charge in [-0.3, -0.25) is 9.59 Å². The van der Waals surface area contributed by atoms with Gasteiger partial charge in [-0.25, -0.2) is 0 Å². The second kappa shape index (κ2) is 14.0. The number of hydrogen-bond acceptors (Lipinski definition) is 4. The molecule has 4 aromatic carbocycles. The maximum Gasteiger partial charge on any atom is 0.261 e. The van der Waals surface area contributed by atoms with Crippen molar-refractivity contribution in [3.05, 3.63) is 131 Å². The first kappa shape index (κ1) is 27.7. The summed E-state index contributed by atoms with van der Waals surface area (Å²) in [4.78, 5) is 29.1. The van der Waals surface area contributed by atoms with Gasteiger partial charge < -0.3 is 19.7 Å². The zero-order valence-electron chi connectivity index (χ0n) is 21.8. The molecular formula is C32H31ClN2O4. The van der Waals surface area contributed by atoms with E-state index in [1.54, 1.807) is 36.3 Å². The summed E-state index contributed by atoms with van der Waals surface area (Å²) in [5.74, 6) is 0.495. The van der Waals surface area contributed by atoms with Gasteiger partial charge in [-0.1, -0.05) is 103 Å². The Labute approximate surface area is 234 Å². The number of carbonyl (C=O) groups is 2. The van der Waals surface area contributed by atoms with E-state index in [0.717, 1.165) is 16.7 Å². The fraction of sp³-hybridized carbons (Fsp3) is 0.188. The number of methoxy groups -OCH3 is 1. The Hall–Kier alpha value is -4.29. The molecule has 0 fully saturated rings. The van der Waals surface area contributed by atoms with Crippen LogP contribution in [0.5, 0.6) is 11.5 Å². The van der Waals surface area contributed by atoms with Crippen LogP contribution in [0.2, 0.25) is 5.02 Å². The Kier molecular flexibility index (Phi) is 9.98. The number of para-hydroxylation sites is 2. The maximum absolute atomic E-state index is 13.8. The maximum atomic E-state index is 13.8. The Morgan fingerprint density at radius 1 is 0.795 bits per heavy atom. The van der Waals surface area contributed by atoms with Crippen molar-refractivity contribution in [1.82, 2.24) is 10.2 Å². The van der Waals surface area contributed by atoms with Gasteiger partial charge in [-0.05, 0) is 29.3 Å². The zero-order valence-corrected chi connectivity index (χ0v) is 22.5. The van der Waals surface area contributed by atoms with E-state index in [9.17, 15) is 9.59 Å². The number of hydrogen-bond donors (Lipinski definition) is 1. The minimum Gasteiger partial charge on any atom is -0.496 e. The number of rotatable bonds is 12. The van der Waals surface area contributed by atoms with Crippen molar-refractivity contribution in [2.24, 2.45) is 0 Å². The highest BCUT2D eigenvalue weighted by molar-refractivity contribution is 6.32. The molecule has 0 aliphatic carbocycles. The molecule has 0 aromatic heterocycles. The molecule has 0 aliphatic heterocycles. The summed E-state index contributed by atoms with van der Waals surface area (Å²) in [6.45, 7) is 0.240. The van der Waals surface area contributed by atoms with Gasteiger partial charge in [0, 0.05) is 25.1 Å². The first-order valence-corrected chi connectivity index (χ1v) is 13.1. The lowest BCUT2D eigenvalue weighted by atomic mass is 10.0. The molecule has 0 saturated heterocycles. The van der Waals surface area contributed by atoms with E-state index in [2.05, 4.69) is 5.32 Å². The van der Waals surface area contributed by atoms with E-state index in [0.29, 0.717) is 22.9 Å². The number of halogens is 1. The lowest BCUT2D eigenvalue weighted by molar-refractivity contribution is -0.142. The Bertz CT molecular complexity index is 1360. The van der Waals surface area contributed by atoms with Crippen LogP contribution in [0.1, 0.15) is 16.7 Å². The van der Waals surface area contributed by atoms with Gasteiger partial charge in [0.15, 0.2) is 6.61 Å². The standard InChI is InChI=1S/C32H31ClN2O4/c1-38-29-18-10-8-16-26(29)21-34-32(37)28(20-24-12-4-2-5-13-24)35(22-25-14-6-3-7-15-25)31(36)23-39-30-19-11-9-17-27(30)33/h2-19,28H,20-23H2,1H3,(H,34,37)/t28-/m1/s1. The Balaban J connectivity index is 1.61. The second-order valence-corrected chi connectivity index (χ2v) is 9.37. The first-order valence-electron chi connectivity index (χ1n) is 12.7. The highest BCUT2D eigenvalue weighted by atomic mass is 35.5. The van der Waals surface area contributed by atoms with E-state index in [-0.39, 0.29) is 31.5 Å². The minimum atomic E-state index is -0.787. The SMILES string of the molecule is COc1ccccc1CNC(=O)[C@@H](Cc1ccccc1)N(Cc1ccccc1)C(=O)COc1ccccc1Cl. The van der Waals surface area contributed by atoms with Gasteiger partial charge in [0.05, 0.1) is 12.1 Å². The lowest BCUT2D eigenvalue weighted by Gasteiger charge is -2.31. The highest BCUT2D eigenvalue weighted by Crippen LogP contribution is 2.24. The molecule has 200 valence electrons. The number of benzene rings is 4. The molecule has 1 atom stereocenters. The van der Waals surface area contributed by atoms with Crippen molar-refractivity contribution in [3.63, 3.8) is 0 Å². The lowest BCUT2D eigenvalue weighted by Crippen LogP contribution is -2.51. The van der Waals surface area contributed by atoms with Crippen LogP contribution in [0, 0.1) is 0 Å². The molecule has 39 heavy (non-hydrogen) atoms. The van der Waals surface area contributed by atoms with E-state index in [4.69, 9.17) is 21.1 Å². The third-order valence-corrected chi connectivity index (χ3v) is 6.61. The molecule has 0 bridgehead atoms. The van der Waals surface area contributed by atoms with Crippen LogP contribution < -0.4 is 14.8 Å². The van der Waals surface area contributed by atoms with Crippen LogP contribution in [-0.4, -0.2) is 36.5 Å². The summed E-state index contributed by atoms with van der Waals surface area (Å²) in [6, 6.07) is 33.0. The van der Waals surface area contributed by atoms with Gasteiger partial charge in [0.2, 0.25) is 5.91 Å². The third kappa shape index (κ3) is 7.85. The van der Waals surface area contributed by atoms with Gasteiger partial charge >= 0.3 is 0 Å². The summed E-state index contributed by atoms with van der Waals surface area (Å²) in [7, 11) is 1.60. The normalized spacial score (nSPS) is 11.3. The Morgan fingerprint density at radius 3 is 2.05 bits per heavy atom. The van der Waals surface area contributed by atoms with E-state index in [1.165, 1.54) is 0 Å². The molecule has 7 heteroatoms. The summed E-state index contributed by atoms with van der Waals surface area (Å²) in [5.41, 5.74) is 2.68. The predicted molar refractivity (Wildman–Crippen MR) is 153 cm³/mol. The van der Waals surface area contributed by atoms with Crippen molar-refractivity contribution < 1.29 is 19.1 Å². The van der Waals surface area contributed by atoms with E-state index in [1.807, 2.05) is 84.9 Å². The number of nitrogens with zero attached hydrogens (tertiary/aromatic N) is 1. The summed E-state index contributed by atoms with van der Waals surface area (Å²) < 4.78 is 11.2. The number of ether oxygens (including phenoxy) is 2. The van der Waals surface area contributed by atoms with E-state index < -0.39 is 6.04 Å². The highest BCUT2D eigenvalue weighted by Gasteiger charge is 2.31. The zero-order chi connectivity index (χ0) is 27.5. The van der Waals surface area contributed by atoms with Crippen LogP contribution in [0.4, 0.5) is 0 Å². The summed E-state index contributed by atoms with van der Waals surface area (Å²) in [6.07, 6.45) is 0.337. The molecule has 4 rings (SSSR count). The topological polar surface area (TPSA) is 67.9 Å². The molecule has 0 saturated carbocycles. The summed E-state index contributed by atoms with van der Waals surface area (Å²) in [5, 5.41) is 3.44. The molecule has 2 amide bonds. The average molecular weight is 543 g/mol. The second-order valence-electron chi connectivity index (χ2n) is 8.96. The Morgan fingerprint density at radius 2 is 1.38 bits per heavy atom. The van der Waals surface area contributed by atoms with E-state index >= 15 is 0 Å². The third-order valence-electron chi connectivity index (χ3n) is 6.30. The van der Waals surface area contributed by atoms with Crippen LogP contribution >= 0.6 is 11.6 Å². The van der Waals surface area contributed by atoms with Crippen LogP contribution in [0.15, 0.2) is 109 Å². The number of nitrogens with one attached hydrogen (secondary N) is 1. The van der Waals surface area contributed by atoms with Crippen molar-refractivity contribution in [2.75, 3.05) is 13.7 Å². The van der Waals surface area contributed by atoms with Crippen molar-refractivity contribution >= 4 is 23.4 Å². The van der Waals surface area contributed by atoms with Gasteiger partial charge in [0.25, 0.3) is 5.91 Å². The quantitative estimate of drug-likeness (QED) is 0.250. The molecule has 0 unspecified atom stereocenters. The number of carbonyl (C=O) groups excluding carboxylic acids is 2. The fourth-order valence-corrected chi connectivity index (χ4v) is 4.46. The minimum absolute atomic E-state index is 0.241. The van der Waals surface area contributed by atoms with Crippen molar-refractivity contribution in [1.29, 1.82) is 0 Å². The number of amides is 2. The molecule has 0 aliphatic rings. The molecule has 0 spiro atoms. The monoisotopic (exact) mass is 542 g/mol. The molecule has 0 heterocycles. The van der Waals surface area contributed by atoms with Crippen molar-refractivity contribution in [2.45, 2.75) is 25.6 Å². The predicted octanol–water partition coefficient (Wildman–Crippen LogP) is 5.68. The molecular weight excluding hydrogens is 512 g/mol. The first-order chi connectivity index (χ1) is 19.0. The molecule has 0 radical (unpaired) electrons. The summed E-state index contributed by atoms with van der Waals surface area (Å²) >= 11 is 6.24. The van der Waals surface area contributed by atoms with Crippen molar-refractivity contribution in [3.8, 4) is 11.5 Å².